The van der Waals surface area contributed by atoms with Gasteiger partial charge in [-0.15, -0.1) is 11.3 Å². The highest BCUT2D eigenvalue weighted by atomic mass is 32.1. The van der Waals surface area contributed by atoms with Crippen molar-refractivity contribution in [3.05, 3.63) is 182 Å². The number of fused-ring (bicyclic) bond motifs is 6. The lowest BCUT2D eigenvalue weighted by atomic mass is 9.97. The summed E-state index contributed by atoms with van der Waals surface area (Å²) in [6.45, 7) is 0. The first-order valence-corrected chi connectivity index (χ1v) is 19.2. The van der Waals surface area contributed by atoms with Crippen molar-refractivity contribution in [3.8, 4) is 16.8 Å². The zero-order valence-electron chi connectivity index (χ0n) is 29.0. The van der Waals surface area contributed by atoms with Crippen molar-refractivity contribution in [3.63, 3.8) is 0 Å². The number of furan rings is 1. The average Bonchev–Trinajstić information content (AvgIpc) is 3.92. The smallest absolute Gasteiger partial charge is 0.159 e. The second-order valence-corrected chi connectivity index (χ2v) is 15.1. The summed E-state index contributed by atoms with van der Waals surface area (Å²) in [5, 5.41) is 9.93. The number of anilines is 3. The largest absolute Gasteiger partial charge is 0.454 e. The number of aromatic nitrogens is 1. The van der Waals surface area contributed by atoms with E-state index in [4.69, 9.17) is 4.42 Å². The second kappa shape index (κ2) is 11.3. The average molecular weight is 707 g/mol. The quantitative estimate of drug-likeness (QED) is 0.166. The lowest BCUT2D eigenvalue weighted by Crippen LogP contribution is -2.10. The Hall–Kier alpha value is -6.88. The van der Waals surface area contributed by atoms with E-state index in [0.717, 1.165) is 39.0 Å². The van der Waals surface area contributed by atoms with Gasteiger partial charge in [-0.2, -0.15) is 0 Å². The van der Waals surface area contributed by atoms with Crippen molar-refractivity contribution in [2.75, 3.05) is 4.90 Å². The number of para-hydroxylation sites is 3. The minimum absolute atomic E-state index is 0.880. The van der Waals surface area contributed by atoms with Crippen molar-refractivity contribution in [2.45, 2.75) is 0 Å². The highest BCUT2D eigenvalue weighted by Gasteiger charge is 2.23. The van der Waals surface area contributed by atoms with E-state index < -0.39 is 0 Å². The van der Waals surface area contributed by atoms with Gasteiger partial charge in [-0.3, -0.25) is 0 Å². The van der Waals surface area contributed by atoms with Gasteiger partial charge in [0.05, 0.1) is 27.1 Å². The highest BCUT2D eigenvalue weighted by Crippen LogP contribution is 2.48. The third-order valence-electron chi connectivity index (χ3n) is 11.1. The SMILES string of the molecule is c1ccc(-n2c3cccc4ccc5cc(-c6ccc(N(c7cccc8c7oc7ccccc78)c7cccc8c7sc7ccccc78)cc6)cc2c5c43)cc1. The van der Waals surface area contributed by atoms with Crippen molar-refractivity contribution >= 4 is 103 Å². The number of nitrogens with zero attached hydrogens (tertiary/aromatic N) is 2. The van der Waals surface area contributed by atoms with Gasteiger partial charge < -0.3 is 13.9 Å². The summed E-state index contributed by atoms with van der Waals surface area (Å²) in [7, 11) is 0. The maximum atomic E-state index is 6.67. The summed E-state index contributed by atoms with van der Waals surface area (Å²) in [4.78, 5) is 2.39. The monoisotopic (exact) mass is 706 g/mol. The molecule has 0 saturated heterocycles. The van der Waals surface area contributed by atoms with Crippen molar-refractivity contribution < 1.29 is 4.42 Å². The molecule has 0 saturated carbocycles. The Balaban J connectivity index is 1.07. The van der Waals surface area contributed by atoms with Crippen LogP contribution in [-0.2, 0) is 0 Å². The first-order valence-electron chi connectivity index (χ1n) is 18.3. The van der Waals surface area contributed by atoms with Gasteiger partial charge in [-0.1, -0.05) is 115 Å². The Bertz CT molecular complexity index is 3270. The Kier molecular flexibility index (Phi) is 6.21. The molecule has 54 heavy (non-hydrogen) atoms. The van der Waals surface area contributed by atoms with E-state index in [1.54, 1.807) is 0 Å². The zero-order chi connectivity index (χ0) is 35.3. The molecular formula is C50H30N2OS. The maximum Gasteiger partial charge on any atom is 0.159 e. The lowest BCUT2D eigenvalue weighted by Gasteiger charge is -2.26. The summed E-state index contributed by atoms with van der Waals surface area (Å²) in [6, 6.07) is 65.9. The normalized spacial score (nSPS) is 12.1. The molecule has 252 valence electrons. The van der Waals surface area contributed by atoms with Crippen LogP contribution in [0, 0.1) is 0 Å². The highest BCUT2D eigenvalue weighted by molar-refractivity contribution is 7.26. The van der Waals surface area contributed by atoms with Crippen LogP contribution in [0.1, 0.15) is 0 Å². The minimum atomic E-state index is 0.880. The number of thiophene rings is 1. The van der Waals surface area contributed by atoms with Crippen LogP contribution >= 0.6 is 11.3 Å². The summed E-state index contributed by atoms with van der Waals surface area (Å²) >= 11 is 1.85. The fourth-order valence-electron chi connectivity index (χ4n) is 8.74. The van der Waals surface area contributed by atoms with Crippen LogP contribution in [0.15, 0.2) is 186 Å². The van der Waals surface area contributed by atoms with Crippen LogP contribution in [0.5, 0.6) is 0 Å². The van der Waals surface area contributed by atoms with E-state index in [-0.39, 0.29) is 0 Å². The van der Waals surface area contributed by atoms with Crippen LogP contribution in [0.3, 0.4) is 0 Å². The molecule has 0 aliphatic rings. The molecule has 0 aliphatic heterocycles. The Morgan fingerprint density at radius 2 is 1.17 bits per heavy atom. The molecule has 12 aromatic rings. The first kappa shape index (κ1) is 29.7. The standard InChI is InChI=1S/C50H30N2OS/c1-2-12-35(13-3-1)51-41-18-8-11-32-23-24-33-29-34(30-44(51)48(33)47(32)41)31-25-27-36(28-26-31)52(42-19-9-16-39-37-14-4-6-21-45(37)53-49(39)42)43-20-10-17-40-38-15-5-7-22-46(38)54-50(40)43/h1-30H. The number of hydrogen-bond donors (Lipinski definition) is 0. The van der Waals surface area contributed by atoms with Gasteiger partial charge in [-0.25, -0.2) is 0 Å². The van der Waals surface area contributed by atoms with E-state index in [2.05, 4.69) is 185 Å². The van der Waals surface area contributed by atoms with Gasteiger partial charge in [0.15, 0.2) is 5.58 Å². The Morgan fingerprint density at radius 3 is 2.06 bits per heavy atom. The third kappa shape index (κ3) is 4.23. The van der Waals surface area contributed by atoms with Crippen LogP contribution in [-0.4, -0.2) is 4.57 Å². The van der Waals surface area contributed by atoms with Crippen LogP contribution < -0.4 is 4.90 Å². The van der Waals surface area contributed by atoms with Crippen molar-refractivity contribution in [2.24, 2.45) is 0 Å². The van der Waals surface area contributed by atoms with Crippen molar-refractivity contribution in [1.29, 1.82) is 0 Å². The Morgan fingerprint density at radius 1 is 0.463 bits per heavy atom. The maximum absolute atomic E-state index is 6.67. The lowest BCUT2D eigenvalue weighted by molar-refractivity contribution is 0.669. The molecule has 4 heteroatoms. The molecule has 0 bridgehead atoms. The fraction of sp³-hybridized carbons (Fsp3) is 0. The van der Waals surface area contributed by atoms with Gasteiger partial charge >= 0.3 is 0 Å². The first-order chi connectivity index (χ1) is 26.8. The third-order valence-corrected chi connectivity index (χ3v) is 12.3. The Labute approximate surface area is 314 Å². The molecule has 0 N–H and O–H groups in total. The predicted molar refractivity (Wildman–Crippen MR) is 230 cm³/mol. The topological polar surface area (TPSA) is 21.3 Å². The van der Waals surface area contributed by atoms with Gasteiger partial charge in [0, 0.05) is 48.4 Å². The molecule has 0 atom stereocenters. The van der Waals surface area contributed by atoms with E-state index in [1.165, 1.54) is 69.6 Å². The number of rotatable bonds is 5. The molecule has 3 nitrogen and oxygen atoms in total. The van der Waals surface area contributed by atoms with Crippen LogP contribution in [0.2, 0.25) is 0 Å². The summed E-state index contributed by atoms with van der Waals surface area (Å²) in [6.07, 6.45) is 0. The molecular weight excluding hydrogens is 677 g/mol. The molecule has 0 aliphatic carbocycles. The van der Waals surface area contributed by atoms with E-state index in [0.29, 0.717) is 0 Å². The molecule has 0 amide bonds. The molecule has 0 radical (unpaired) electrons. The molecule has 3 aromatic heterocycles. The van der Waals surface area contributed by atoms with E-state index >= 15 is 0 Å². The predicted octanol–water partition coefficient (Wildman–Crippen LogP) is 14.8. The summed E-state index contributed by atoms with van der Waals surface area (Å²) in [5.74, 6) is 0. The molecule has 9 aromatic carbocycles. The minimum Gasteiger partial charge on any atom is -0.454 e. The molecule has 0 unspecified atom stereocenters. The summed E-state index contributed by atoms with van der Waals surface area (Å²) in [5.41, 5.74) is 11.0. The number of hydrogen-bond acceptors (Lipinski definition) is 3. The van der Waals surface area contributed by atoms with Gasteiger partial charge in [0.2, 0.25) is 0 Å². The van der Waals surface area contributed by atoms with Gasteiger partial charge in [0.25, 0.3) is 0 Å². The summed E-state index contributed by atoms with van der Waals surface area (Å²) < 4.78 is 11.6. The molecule has 0 spiro atoms. The molecule has 12 rings (SSSR count). The molecule has 3 heterocycles. The number of benzene rings is 9. The fourth-order valence-corrected chi connectivity index (χ4v) is 9.95. The molecule has 0 fully saturated rings. The second-order valence-electron chi connectivity index (χ2n) is 14.1. The van der Waals surface area contributed by atoms with Crippen molar-refractivity contribution in [1.82, 2.24) is 4.57 Å². The van der Waals surface area contributed by atoms with Gasteiger partial charge in [0.1, 0.15) is 5.58 Å². The van der Waals surface area contributed by atoms with Gasteiger partial charge in [-0.05, 0) is 88.6 Å². The van der Waals surface area contributed by atoms with Crippen LogP contribution in [0.4, 0.5) is 17.1 Å². The van der Waals surface area contributed by atoms with Crippen LogP contribution in [0.25, 0.3) is 91.5 Å². The van der Waals surface area contributed by atoms with E-state index in [9.17, 15) is 0 Å². The van der Waals surface area contributed by atoms with E-state index in [1.807, 2.05) is 17.4 Å². The zero-order valence-corrected chi connectivity index (χ0v) is 29.8.